The molecule has 2 N–H and O–H groups in total. The van der Waals surface area contributed by atoms with E-state index in [1.54, 1.807) is 11.8 Å². The fraction of sp³-hybridized carbons (Fsp3) is 0.438. The van der Waals surface area contributed by atoms with E-state index in [4.69, 9.17) is 0 Å². The lowest BCUT2D eigenvalue weighted by Gasteiger charge is -2.17. The van der Waals surface area contributed by atoms with Crippen molar-refractivity contribution in [2.75, 3.05) is 19.6 Å². The zero-order valence-corrected chi connectivity index (χ0v) is 14.1. The molecule has 0 spiro atoms. The predicted octanol–water partition coefficient (Wildman–Crippen LogP) is 1.63. The monoisotopic (exact) mass is 335 g/mol. The highest BCUT2D eigenvalue weighted by atomic mass is 32.2. The Morgan fingerprint density at radius 1 is 1.39 bits per heavy atom. The molecule has 3 rings (SSSR count). The third-order valence-electron chi connectivity index (χ3n) is 4.32. The number of nitrogens with one attached hydrogen (secondary N) is 2. The quantitative estimate of drug-likeness (QED) is 0.891. The van der Waals surface area contributed by atoms with Gasteiger partial charge in [-0.25, -0.2) is 13.1 Å². The highest BCUT2D eigenvalue weighted by Crippen LogP contribution is 2.26. The van der Waals surface area contributed by atoms with Crippen LogP contribution in [0.2, 0.25) is 0 Å². The highest BCUT2D eigenvalue weighted by molar-refractivity contribution is 7.90. The summed E-state index contributed by atoms with van der Waals surface area (Å²) >= 11 is 0. The molecule has 7 heteroatoms. The lowest BCUT2D eigenvalue weighted by Crippen LogP contribution is -2.37. The second-order valence-electron chi connectivity index (χ2n) is 5.88. The van der Waals surface area contributed by atoms with Gasteiger partial charge in [0, 0.05) is 36.2 Å². The number of carbonyl (C=O) groups is 1. The molecule has 0 saturated carbocycles. The summed E-state index contributed by atoms with van der Waals surface area (Å²) in [6, 6.07) is 7.66. The largest absolute Gasteiger partial charge is 0.358 e. The van der Waals surface area contributed by atoms with Gasteiger partial charge in [0.15, 0.2) is 0 Å². The van der Waals surface area contributed by atoms with Gasteiger partial charge >= 0.3 is 0 Å². The summed E-state index contributed by atoms with van der Waals surface area (Å²) in [5, 5.41) is 0.352. The van der Waals surface area contributed by atoms with E-state index in [1.165, 1.54) is 0 Å². The van der Waals surface area contributed by atoms with Crippen molar-refractivity contribution in [2.24, 2.45) is 0 Å². The van der Waals surface area contributed by atoms with E-state index in [0.29, 0.717) is 25.1 Å². The molecule has 1 fully saturated rings. The molecule has 1 aromatic heterocycles. The number of H-pyrrole nitrogens is 1. The summed E-state index contributed by atoms with van der Waals surface area (Å²) in [5.74, 6) is -0.103. The first-order valence-electron chi connectivity index (χ1n) is 7.79. The lowest BCUT2D eigenvalue weighted by molar-refractivity contribution is 0.0794. The van der Waals surface area contributed by atoms with Gasteiger partial charge in [-0.3, -0.25) is 4.79 Å². The molecule has 0 unspecified atom stereocenters. The topological polar surface area (TPSA) is 82.3 Å². The molecule has 1 saturated heterocycles. The molecule has 1 atom stereocenters. The minimum absolute atomic E-state index is 0.103. The first-order chi connectivity index (χ1) is 10.9. The number of amides is 1. The Labute approximate surface area is 135 Å². The van der Waals surface area contributed by atoms with Crippen molar-refractivity contribution >= 4 is 26.8 Å². The number of sulfonamides is 1. The Hall–Kier alpha value is -1.86. The van der Waals surface area contributed by atoms with Crippen LogP contribution in [0.5, 0.6) is 0 Å². The summed E-state index contributed by atoms with van der Waals surface area (Å²) in [4.78, 5) is 17.7. The van der Waals surface area contributed by atoms with Crippen LogP contribution in [0, 0.1) is 6.92 Å². The molecule has 0 aliphatic carbocycles. The maximum atomic E-state index is 12.9. The first kappa shape index (κ1) is 16.0. The number of fused-ring (bicyclic) bond motifs is 1. The first-order valence-corrected chi connectivity index (χ1v) is 9.33. The van der Waals surface area contributed by atoms with Crippen LogP contribution in [0.15, 0.2) is 24.3 Å². The van der Waals surface area contributed by atoms with Crippen LogP contribution in [0.3, 0.4) is 0 Å². The minimum Gasteiger partial charge on any atom is -0.358 e. The molecule has 1 amide bonds. The Kier molecular flexibility index (Phi) is 4.16. The van der Waals surface area contributed by atoms with Crippen LogP contribution in [0.25, 0.3) is 10.9 Å². The van der Waals surface area contributed by atoms with Crippen LogP contribution in [-0.4, -0.2) is 49.1 Å². The molecule has 0 radical (unpaired) electrons. The number of aryl methyl sites for hydroxylation is 1. The zero-order chi connectivity index (χ0) is 16.6. The lowest BCUT2D eigenvalue weighted by atomic mass is 10.1. The summed E-state index contributed by atoms with van der Waals surface area (Å²) < 4.78 is 26.8. The van der Waals surface area contributed by atoms with Gasteiger partial charge in [-0.05, 0) is 19.4 Å². The molecule has 1 aromatic carbocycles. The van der Waals surface area contributed by atoms with Gasteiger partial charge in [0.2, 0.25) is 10.0 Å². The number of hydrogen-bond donors (Lipinski definition) is 2. The van der Waals surface area contributed by atoms with Crippen LogP contribution < -0.4 is 4.72 Å². The van der Waals surface area contributed by atoms with Gasteiger partial charge < -0.3 is 9.88 Å². The van der Waals surface area contributed by atoms with Gasteiger partial charge in [-0.2, -0.15) is 0 Å². The van der Waals surface area contributed by atoms with Crippen LogP contribution in [0.1, 0.15) is 29.4 Å². The minimum atomic E-state index is -3.35. The summed E-state index contributed by atoms with van der Waals surface area (Å²) in [6.45, 7) is 4.70. The molecule has 124 valence electrons. The van der Waals surface area contributed by atoms with Crippen molar-refractivity contribution < 1.29 is 13.2 Å². The van der Waals surface area contributed by atoms with Crippen molar-refractivity contribution in [1.82, 2.24) is 14.6 Å². The van der Waals surface area contributed by atoms with Crippen molar-refractivity contribution in [1.29, 1.82) is 0 Å². The number of carbonyl (C=O) groups excluding carboxylic acids is 1. The zero-order valence-electron chi connectivity index (χ0n) is 13.3. The Bertz CT molecular complexity index is 841. The van der Waals surface area contributed by atoms with E-state index in [9.17, 15) is 13.2 Å². The van der Waals surface area contributed by atoms with E-state index in [0.717, 1.165) is 16.6 Å². The second-order valence-corrected chi connectivity index (χ2v) is 7.92. The molecule has 1 aliphatic heterocycles. The van der Waals surface area contributed by atoms with Crippen molar-refractivity contribution in [2.45, 2.75) is 25.5 Å². The Morgan fingerprint density at radius 3 is 2.87 bits per heavy atom. The van der Waals surface area contributed by atoms with E-state index < -0.39 is 15.3 Å². The Morgan fingerprint density at radius 2 is 2.13 bits per heavy atom. The maximum Gasteiger partial charge on any atom is 0.256 e. The number of likely N-dealkylation sites (tertiary alicyclic amines) is 1. The predicted molar refractivity (Wildman–Crippen MR) is 89.9 cm³/mol. The van der Waals surface area contributed by atoms with Gasteiger partial charge in [-0.15, -0.1) is 0 Å². The number of nitrogens with zero attached hydrogens (tertiary/aromatic N) is 1. The molecular weight excluding hydrogens is 314 g/mol. The van der Waals surface area contributed by atoms with E-state index in [-0.39, 0.29) is 12.5 Å². The average molecular weight is 335 g/mol. The summed E-state index contributed by atoms with van der Waals surface area (Å²) in [7, 11) is -3.35. The van der Waals surface area contributed by atoms with E-state index in [1.807, 2.05) is 31.2 Å². The number of aromatic nitrogens is 1. The third-order valence-corrected chi connectivity index (χ3v) is 6.28. The van der Waals surface area contributed by atoms with Crippen LogP contribution in [0.4, 0.5) is 0 Å². The fourth-order valence-electron chi connectivity index (χ4n) is 3.20. The number of aromatic amines is 1. The van der Waals surface area contributed by atoms with E-state index >= 15 is 0 Å². The molecule has 6 nitrogen and oxygen atoms in total. The van der Waals surface area contributed by atoms with Gasteiger partial charge in [0.05, 0.1) is 10.8 Å². The molecule has 23 heavy (non-hydrogen) atoms. The molecule has 2 aromatic rings. The van der Waals surface area contributed by atoms with Crippen LogP contribution >= 0.6 is 0 Å². The number of benzene rings is 1. The molecule has 0 bridgehead atoms. The molecule has 2 heterocycles. The molecule has 1 aliphatic rings. The SMILES string of the molecule is CCNS(=O)(=O)[C@@H]1CCN(C(=O)c2c(C)[nH]c3ccccc23)C1. The summed E-state index contributed by atoms with van der Waals surface area (Å²) in [5.41, 5.74) is 2.38. The molecular formula is C16H21N3O3S. The Balaban J connectivity index is 1.86. The van der Waals surface area contributed by atoms with Crippen LogP contribution in [-0.2, 0) is 10.0 Å². The standard InChI is InChI=1S/C16H21N3O3S/c1-3-17-23(21,22)12-8-9-19(10-12)16(20)15-11(2)18-14-7-5-4-6-13(14)15/h4-7,12,17-18H,3,8-10H2,1-2H3/t12-/m1/s1. The average Bonchev–Trinajstić information content (AvgIpc) is 3.10. The third kappa shape index (κ3) is 2.86. The number of hydrogen-bond acceptors (Lipinski definition) is 3. The number of para-hydroxylation sites is 1. The van der Waals surface area contributed by atoms with Crippen molar-refractivity contribution in [3.63, 3.8) is 0 Å². The maximum absolute atomic E-state index is 12.9. The van der Waals surface area contributed by atoms with E-state index in [2.05, 4.69) is 9.71 Å². The number of rotatable bonds is 4. The van der Waals surface area contributed by atoms with Gasteiger partial charge in [-0.1, -0.05) is 25.1 Å². The fourth-order valence-corrected chi connectivity index (χ4v) is 4.63. The second kappa shape index (κ2) is 5.98. The highest BCUT2D eigenvalue weighted by Gasteiger charge is 2.36. The van der Waals surface area contributed by atoms with Gasteiger partial charge in [0.25, 0.3) is 5.91 Å². The smallest absolute Gasteiger partial charge is 0.256 e. The van der Waals surface area contributed by atoms with Crippen molar-refractivity contribution in [3.8, 4) is 0 Å². The normalized spacial score (nSPS) is 18.7. The summed E-state index contributed by atoms with van der Waals surface area (Å²) in [6.07, 6.45) is 0.475. The van der Waals surface area contributed by atoms with Crippen molar-refractivity contribution in [3.05, 3.63) is 35.5 Å². The van der Waals surface area contributed by atoms with Gasteiger partial charge in [0.1, 0.15) is 0 Å².